The van der Waals surface area contributed by atoms with Crippen LogP contribution < -0.4 is 10.6 Å². The van der Waals surface area contributed by atoms with Gasteiger partial charge in [0.1, 0.15) is 0 Å². The van der Waals surface area contributed by atoms with Gasteiger partial charge in [-0.25, -0.2) is 0 Å². The van der Waals surface area contributed by atoms with Crippen molar-refractivity contribution in [3.63, 3.8) is 0 Å². The van der Waals surface area contributed by atoms with Gasteiger partial charge in [0, 0.05) is 36.8 Å². The van der Waals surface area contributed by atoms with Crippen molar-refractivity contribution in [3.8, 4) is 0 Å². The normalized spacial score (nSPS) is 10.2. The SMILES string of the molecule is CCc1cccnc1CNc1cc(NC)cc([N+](=O)[O-])c1. The topological polar surface area (TPSA) is 80.1 Å². The highest BCUT2D eigenvalue weighted by Crippen LogP contribution is 2.24. The molecule has 0 saturated heterocycles. The molecule has 2 rings (SSSR count). The summed E-state index contributed by atoms with van der Waals surface area (Å²) < 4.78 is 0. The van der Waals surface area contributed by atoms with Crippen LogP contribution in [0.3, 0.4) is 0 Å². The Hall–Kier alpha value is -2.63. The fourth-order valence-electron chi connectivity index (χ4n) is 2.10. The molecular weight excluding hydrogens is 268 g/mol. The van der Waals surface area contributed by atoms with Gasteiger partial charge in [-0.1, -0.05) is 13.0 Å². The summed E-state index contributed by atoms with van der Waals surface area (Å²) in [6.45, 7) is 2.61. The van der Waals surface area contributed by atoms with Crippen molar-refractivity contribution in [3.05, 3.63) is 57.9 Å². The van der Waals surface area contributed by atoms with E-state index in [0.717, 1.165) is 12.1 Å². The molecule has 1 aromatic carbocycles. The number of pyridine rings is 1. The number of nitro benzene ring substituents is 1. The van der Waals surface area contributed by atoms with Crippen molar-refractivity contribution in [1.82, 2.24) is 4.98 Å². The summed E-state index contributed by atoms with van der Waals surface area (Å²) in [7, 11) is 1.73. The van der Waals surface area contributed by atoms with Crippen LogP contribution >= 0.6 is 0 Å². The fourth-order valence-corrected chi connectivity index (χ4v) is 2.10. The highest BCUT2D eigenvalue weighted by atomic mass is 16.6. The van der Waals surface area contributed by atoms with Crippen molar-refractivity contribution in [2.75, 3.05) is 17.7 Å². The van der Waals surface area contributed by atoms with E-state index in [1.54, 1.807) is 13.2 Å². The van der Waals surface area contributed by atoms with E-state index in [1.165, 1.54) is 17.7 Å². The van der Waals surface area contributed by atoms with Crippen LogP contribution in [-0.2, 0) is 13.0 Å². The van der Waals surface area contributed by atoms with Gasteiger partial charge < -0.3 is 10.6 Å². The van der Waals surface area contributed by atoms with E-state index in [1.807, 2.05) is 18.2 Å². The maximum atomic E-state index is 10.9. The van der Waals surface area contributed by atoms with Crippen LogP contribution in [-0.4, -0.2) is 17.0 Å². The number of benzene rings is 1. The predicted octanol–water partition coefficient (Wildman–Crippen LogP) is 3.21. The van der Waals surface area contributed by atoms with E-state index < -0.39 is 4.92 Å². The molecule has 2 aromatic rings. The number of hydrogen-bond donors (Lipinski definition) is 2. The minimum absolute atomic E-state index is 0.0566. The minimum Gasteiger partial charge on any atom is -0.388 e. The van der Waals surface area contributed by atoms with Crippen LogP contribution in [0.2, 0.25) is 0 Å². The molecule has 0 radical (unpaired) electrons. The second-order valence-corrected chi connectivity index (χ2v) is 4.59. The second-order valence-electron chi connectivity index (χ2n) is 4.59. The van der Waals surface area contributed by atoms with Gasteiger partial charge in [-0.15, -0.1) is 0 Å². The molecule has 6 nitrogen and oxygen atoms in total. The number of anilines is 2. The summed E-state index contributed by atoms with van der Waals surface area (Å²) in [5.41, 5.74) is 3.58. The molecule has 0 unspecified atom stereocenters. The van der Waals surface area contributed by atoms with E-state index in [-0.39, 0.29) is 5.69 Å². The molecule has 1 heterocycles. The Bertz CT molecular complexity index is 643. The molecule has 0 amide bonds. The van der Waals surface area contributed by atoms with E-state index in [0.29, 0.717) is 17.9 Å². The molecule has 0 aliphatic rings. The summed E-state index contributed by atoms with van der Waals surface area (Å²) in [6.07, 6.45) is 2.66. The van der Waals surface area contributed by atoms with E-state index >= 15 is 0 Å². The monoisotopic (exact) mass is 286 g/mol. The van der Waals surface area contributed by atoms with Gasteiger partial charge in [0.2, 0.25) is 0 Å². The lowest BCUT2D eigenvalue weighted by Crippen LogP contribution is -2.05. The first-order valence-corrected chi connectivity index (χ1v) is 6.78. The average molecular weight is 286 g/mol. The molecule has 21 heavy (non-hydrogen) atoms. The zero-order valence-electron chi connectivity index (χ0n) is 12.1. The molecule has 0 bridgehead atoms. The third-order valence-corrected chi connectivity index (χ3v) is 3.24. The first kappa shape index (κ1) is 14.8. The maximum Gasteiger partial charge on any atom is 0.273 e. The highest BCUT2D eigenvalue weighted by Gasteiger charge is 2.09. The number of non-ortho nitro benzene ring substituents is 1. The average Bonchev–Trinajstić information content (AvgIpc) is 2.52. The second kappa shape index (κ2) is 6.69. The first-order chi connectivity index (χ1) is 10.1. The number of hydrogen-bond acceptors (Lipinski definition) is 5. The van der Waals surface area contributed by atoms with Crippen LogP contribution in [0.1, 0.15) is 18.2 Å². The fraction of sp³-hybridized carbons (Fsp3) is 0.267. The highest BCUT2D eigenvalue weighted by molar-refractivity contribution is 5.63. The summed E-state index contributed by atoms with van der Waals surface area (Å²) in [5.74, 6) is 0. The molecule has 0 saturated carbocycles. The molecule has 0 atom stereocenters. The maximum absolute atomic E-state index is 10.9. The van der Waals surface area contributed by atoms with Crippen LogP contribution in [0, 0.1) is 10.1 Å². The number of nitrogens with zero attached hydrogens (tertiary/aromatic N) is 2. The third kappa shape index (κ3) is 3.68. The van der Waals surface area contributed by atoms with E-state index in [4.69, 9.17) is 0 Å². The Morgan fingerprint density at radius 1 is 1.29 bits per heavy atom. The molecule has 1 aromatic heterocycles. The minimum atomic E-state index is -0.399. The Labute approximate surface area is 123 Å². The zero-order chi connectivity index (χ0) is 15.2. The Morgan fingerprint density at radius 2 is 2.05 bits per heavy atom. The molecular formula is C15H18N4O2. The lowest BCUT2D eigenvalue weighted by molar-refractivity contribution is -0.384. The summed E-state index contributed by atoms with van der Waals surface area (Å²) in [6, 6.07) is 8.81. The van der Waals surface area contributed by atoms with Crippen LogP contribution in [0.15, 0.2) is 36.5 Å². The van der Waals surface area contributed by atoms with Gasteiger partial charge in [0.05, 0.1) is 17.2 Å². The van der Waals surface area contributed by atoms with Crippen LogP contribution in [0.4, 0.5) is 17.1 Å². The molecule has 110 valence electrons. The number of aryl methyl sites for hydroxylation is 1. The summed E-state index contributed by atoms with van der Waals surface area (Å²) >= 11 is 0. The Kier molecular flexibility index (Phi) is 4.71. The predicted molar refractivity (Wildman–Crippen MR) is 83.6 cm³/mol. The van der Waals surface area contributed by atoms with Gasteiger partial charge in [-0.05, 0) is 24.1 Å². The Balaban J connectivity index is 2.19. The van der Waals surface area contributed by atoms with Crippen molar-refractivity contribution < 1.29 is 4.92 Å². The number of aromatic nitrogens is 1. The van der Waals surface area contributed by atoms with Gasteiger partial charge in [-0.3, -0.25) is 15.1 Å². The molecule has 0 aliphatic carbocycles. The molecule has 0 fully saturated rings. The van der Waals surface area contributed by atoms with Gasteiger partial charge in [-0.2, -0.15) is 0 Å². The van der Waals surface area contributed by atoms with Gasteiger partial charge in [0.15, 0.2) is 0 Å². The Morgan fingerprint density at radius 3 is 2.71 bits per heavy atom. The van der Waals surface area contributed by atoms with Gasteiger partial charge in [0.25, 0.3) is 5.69 Å². The number of rotatable bonds is 6. The summed E-state index contributed by atoms with van der Waals surface area (Å²) in [5, 5.41) is 17.1. The third-order valence-electron chi connectivity index (χ3n) is 3.24. The van der Waals surface area contributed by atoms with Crippen molar-refractivity contribution in [2.24, 2.45) is 0 Å². The molecule has 0 aliphatic heterocycles. The molecule has 0 spiro atoms. The number of nitrogens with one attached hydrogen (secondary N) is 2. The van der Waals surface area contributed by atoms with Crippen LogP contribution in [0.25, 0.3) is 0 Å². The van der Waals surface area contributed by atoms with E-state index in [9.17, 15) is 10.1 Å². The summed E-state index contributed by atoms with van der Waals surface area (Å²) in [4.78, 5) is 14.9. The standard InChI is InChI=1S/C15H18N4O2/c1-3-11-5-4-6-17-15(11)10-18-13-7-12(16-2)8-14(9-13)19(20)21/h4-9,16,18H,3,10H2,1-2H3. The van der Waals surface area contributed by atoms with E-state index in [2.05, 4.69) is 22.5 Å². The quantitative estimate of drug-likeness (QED) is 0.629. The number of nitro groups is 1. The van der Waals surface area contributed by atoms with Gasteiger partial charge >= 0.3 is 0 Å². The molecule has 2 N–H and O–H groups in total. The lowest BCUT2D eigenvalue weighted by atomic mass is 10.1. The van der Waals surface area contributed by atoms with Crippen LogP contribution in [0.5, 0.6) is 0 Å². The zero-order valence-corrected chi connectivity index (χ0v) is 12.1. The van der Waals surface area contributed by atoms with Crippen molar-refractivity contribution in [1.29, 1.82) is 0 Å². The molecule has 6 heteroatoms. The first-order valence-electron chi connectivity index (χ1n) is 6.78. The smallest absolute Gasteiger partial charge is 0.273 e. The van der Waals surface area contributed by atoms with Crippen molar-refractivity contribution >= 4 is 17.1 Å². The largest absolute Gasteiger partial charge is 0.388 e. The van der Waals surface area contributed by atoms with Crippen molar-refractivity contribution in [2.45, 2.75) is 19.9 Å². The lowest BCUT2D eigenvalue weighted by Gasteiger charge is -2.10.